The zero-order valence-corrected chi connectivity index (χ0v) is 16.7. The van der Waals surface area contributed by atoms with E-state index < -0.39 is 6.04 Å². The third-order valence-corrected chi connectivity index (χ3v) is 4.66. The standard InChI is InChI=1S/C20H21ClN2O3S/c1-3-5-14-17(19(24)25-4-2)18(23-20(27)22-14)16-11-10-15(26-16)12-6-8-13(21)9-7-12/h6-11,18H,3-5H2,1-2H3,(H2,22,23,27)/t18-/m1/s1. The van der Waals surface area contributed by atoms with Gasteiger partial charge in [0.1, 0.15) is 17.6 Å². The van der Waals surface area contributed by atoms with Crippen LogP contribution in [0.4, 0.5) is 0 Å². The number of hydrogen-bond acceptors (Lipinski definition) is 4. The molecule has 3 rings (SSSR count). The van der Waals surface area contributed by atoms with Crippen LogP contribution in [0.25, 0.3) is 11.3 Å². The highest BCUT2D eigenvalue weighted by atomic mass is 35.5. The van der Waals surface area contributed by atoms with Gasteiger partial charge in [-0.25, -0.2) is 4.79 Å². The van der Waals surface area contributed by atoms with Crippen LogP contribution in [0.5, 0.6) is 0 Å². The third-order valence-electron chi connectivity index (χ3n) is 4.19. The average Bonchev–Trinajstić information content (AvgIpc) is 3.12. The molecule has 0 amide bonds. The summed E-state index contributed by atoms with van der Waals surface area (Å²) in [7, 11) is 0. The van der Waals surface area contributed by atoms with Crippen LogP contribution in [-0.4, -0.2) is 17.7 Å². The molecule has 1 aliphatic heterocycles. The van der Waals surface area contributed by atoms with Crippen molar-refractivity contribution in [2.75, 3.05) is 6.61 Å². The van der Waals surface area contributed by atoms with Crippen molar-refractivity contribution in [1.82, 2.24) is 10.6 Å². The molecule has 1 aromatic carbocycles. The predicted octanol–water partition coefficient (Wildman–Crippen LogP) is 4.74. The van der Waals surface area contributed by atoms with Gasteiger partial charge in [-0.15, -0.1) is 0 Å². The molecule has 0 radical (unpaired) electrons. The van der Waals surface area contributed by atoms with Crippen molar-refractivity contribution in [3.63, 3.8) is 0 Å². The molecule has 5 nitrogen and oxygen atoms in total. The molecule has 2 aromatic rings. The lowest BCUT2D eigenvalue weighted by Crippen LogP contribution is -2.45. The van der Waals surface area contributed by atoms with Crippen molar-refractivity contribution in [2.45, 2.75) is 32.7 Å². The number of allylic oxidation sites excluding steroid dienone is 1. The summed E-state index contributed by atoms with van der Waals surface area (Å²) in [5.41, 5.74) is 2.18. The summed E-state index contributed by atoms with van der Waals surface area (Å²) in [4.78, 5) is 12.6. The number of furan rings is 1. The Balaban J connectivity index is 1.99. The van der Waals surface area contributed by atoms with E-state index in [-0.39, 0.29) is 5.97 Å². The Morgan fingerprint density at radius 3 is 2.63 bits per heavy atom. The van der Waals surface area contributed by atoms with Crippen LogP contribution >= 0.6 is 23.8 Å². The van der Waals surface area contributed by atoms with Gasteiger partial charge in [0.15, 0.2) is 5.11 Å². The Morgan fingerprint density at radius 1 is 1.22 bits per heavy atom. The number of hydrogen-bond donors (Lipinski definition) is 2. The van der Waals surface area contributed by atoms with E-state index in [9.17, 15) is 4.79 Å². The van der Waals surface area contributed by atoms with E-state index in [1.165, 1.54) is 0 Å². The van der Waals surface area contributed by atoms with Crippen LogP contribution in [0.1, 0.15) is 38.5 Å². The molecule has 0 saturated carbocycles. The maximum Gasteiger partial charge on any atom is 0.338 e. The quantitative estimate of drug-likeness (QED) is 0.535. The highest BCUT2D eigenvalue weighted by Gasteiger charge is 2.34. The van der Waals surface area contributed by atoms with Crippen LogP contribution in [0.3, 0.4) is 0 Å². The molecule has 1 aliphatic rings. The van der Waals surface area contributed by atoms with E-state index in [0.717, 1.165) is 17.7 Å². The van der Waals surface area contributed by atoms with Gasteiger partial charge in [0.25, 0.3) is 0 Å². The topological polar surface area (TPSA) is 63.5 Å². The third kappa shape index (κ3) is 4.34. The summed E-state index contributed by atoms with van der Waals surface area (Å²) in [5.74, 6) is 0.909. The first-order chi connectivity index (χ1) is 13.0. The van der Waals surface area contributed by atoms with Crippen LogP contribution in [0, 0.1) is 0 Å². The van der Waals surface area contributed by atoms with Crippen molar-refractivity contribution in [3.8, 4) is 11.3 Å². The monoisotopic (exact) mass is 404 g/mol. The second kappa shape index (κ2) is 8.59. The van der Waals surface area contributed by atoms with Crippen LogP contribution in [0.15, 0.2) is 52.1 Å². The summed E-state index contributed by atoms with van der Waals surface area (Å²) in [6.45, 7) is 4.13. The number of halogens is 1. The molecule has 27 heavy (non-hydrogen) atoms. The largest absolute Gasteiger partial charge is 0.463 e. The molecular weight excluding hydrogens is 384 g/mol. The average molecular weight is 405 g/mol. The predicted molar refractivity (Wildman–Crippen MR) is 109 cm³/mol. The number of thiocarbonyl (C=S) groups is 1. The number of carbonyl (C=O) groups is 1. The second-order valence-corrected chi connectivity index (χ2v) is 6.95. The lowest BCUT2D eigenvalue weighted by Gasteiger charge is -2.29. The van der Waals surface area contributed by atoms with Gasteiger partial charge in [-0.2, -0.15) is 0 Å². The van der Waals surface area contributed by atoms with Gasteiger partial charge in [-0.1, -0.05) is 24.9 Å². The van der Waals surface area contributed by atoms with E-state index in [4.69, 9.17) is 33.0 Å². The Kier molecular flexibility index (Phi) is 6.19. The van der Waals surface area contributed by atoms with Crippen LogP contribution in [-0.2, 0) is 9.53 Å². The molecule has 7 heteroatoms. The summed E-state index contributed by atoms with van der Waals surface area (Å²) in [6, 6.07) is 10.6. The zero-order chi connectivity index (χ0) is 19.4. The van der Waals surface area contributed by atoms with Crippen molar-refractivity contribution in [2.24, 2.45) is 0 Å². The molecule has 0 spiro atoms. The van der Waals surface area contributed by atoms with Gasteiger partial charge in [0.05, 0.1) is 12.2 Å². The number of ether oxygens (including phenoxy) is 1. The van der Waals surface area contributed by atoms with Gasteiger partial charge in [0, 0.05) is 16.3 Å². The summed E-state index contributed by atoms with van der Waals surface area (Å²) in [5, 5.41) is 7.34. The van der Waals surface area contributed by atoms with Gasteiger partial charge in [-0.3, -0.25) is 0 Å². The van der Waals surface area contributed by atoms with Gasteiger partial charge >= 0.3 is 5.97 Å². The fraction of sp³-hybridized carbons (Fsp3) is 0.300. The number of esters is 1. The van der Waals surface area contributed by atoms with E-state index in [1.54, 1.807) is 19.1 Å². The summed E-state index contributed by atoms with van der Waals surface area (Å²) in [6.07, 6.45) is 1.56. The SMILES string of the molecule is CCCC1=C(C(=O)OCC)[C@@H](c2ccc(-c3ccc(Cl)cc3)o2)NC(=S)N1. The van der Waals surface area contributed by atoms with Crippen molar-refractivity contribution in [1.29, 1.82) is 0 Å². The highest BCUT2D eigenvalue weighted by molar-refractivity contribution is 7.80. The lowest BCUT2D eigenvalue weighted by atomic mass is 9.98. The summed E-state index contributed by atoms with van der Waals surface area (Å²) >= 11 is 11.3. The molecule has 2 heterocycles. The molecule has 0 fully saturated rings. The molecule has 0 unspecified atom stereocenters. The molecule has 0 aliphatic carbocycles. The Hall–Kier alpha value is -2.31. The minimum atomic E-state index is -0.500. The fourth-order valence-electron chi connectivity index (χ4n) is 3.01. The van der Waals surface area contributed by atoms with Gasteiger partial charge < -0.3 is 19.8 Å². The van der Waals surface area contributed by atoms with Crippen molar-refractivity contribution < 1.29 is 13.9 Å². The van der Waals surface area contributed by atoms with E-state index >= 15 is 0 Å². The fourth-order valence-corrected chi connectivity index (χ4v) is 3.37. The maximum atomic E-state index is 12.6. The van der Waals surface area contributed by atoms with Gasteiger partial charge in [0.2, 0.25) is 0 Å². The molecular formula is C20H21ClN2O3S. The lowest BCUT2D eigenvalue weighted by molar-refractivity contribution is -0.139. The second-order valence-electron chi connectivity index (χ2n) is 6.10. The normalized spacial score (nSPS) is 16.7. The van der Waals surface area contributed by atoms with Crippen LogP contribution in [0.2, 0.25) is 5.02 Å². The molecule has 0 bridgehead atoms. The first-order valence-corrected chi connectivity index (χ1v) is 9.65. The molecule has 2 N–H and O–H groups in total. The number of benzene rings is 1. The summed E-state index contributed by atoms with van der Waals surface area (Å²) < 4.78 is 11.3. The van der Waals surface area contributed by atoms with E-state index in [1.807, 2.05) is 31.2 Å². The Bertz CT molecular complexity index is 874. The number of nitrogens with one attached hydrogen (secondary N) is 2. The van der Waals surface area contributed by atoms with E-state index in [0.29, 0.717) is 40.3 Å². The highest BCUT2D eigenvalue weighted by Crippen LogP contribution is 2.33. The number of carbonyl (C=O) groups excluding carboxylic acids is 1. The van der Waals surface area contributed by atoms with Crippen molar-refractivity contribution >= 4 is 34.9 Å². The maximum absolute atomic E-state index is 12.6. The number of rotatable bonds is 6. The molecule has 142 valence electrons. The first-order valence-electron chi connectivity index (χ1n) is 8.86. The smallest absolute Gasteiger partial charge is 0.338 e. The Morgan fingerprint density at radius 2 is 1.96 bits per heavy atom. The van der Waals surface area contributed by atoms with Gasteiger partial charge in [-0.05, 0) is 62.0 Å². The molecule has 1 atom stereocenters. The Labute approximate surface area is 168 Å². The van der Waals surface area contributed by atoms with Crippen LogP contribution < -0.4 is 10.6 Å². The van der Waals surface area contributed by atoms with E-state index in [2.05, 4.69) is 10.6 Å². The minimum absolute atomic E-state index is 0.299. The first kappa shape index (κ1) is 19.5. The molecule has 0 saturated heterocycles. The molecule has 1 aromatic heterocycles. The zero-order valence-electron chi connectivity index (χ0n) is 15.2. The minimum Gasteiger partial charge on any atom is -0.463 e. The van der Waals surface area contributed by atoms with Crippen molar-refractivity contribution in [3.05, 3.63) is 58.5 Å².